The number of nitrogens with one attached hydrogen (secondary N) is 1. The lowest BCUT2D eigenvalue weighted by molar-refractivity contribution is -0.114. The van der Waals surface area contributed by atoms with Crippen molar-refractivity contribution in [2.75, 3.05) is 22.4 Å². The molecule has 0 heterocycles. The fraction of sp³-hybridized carbons (Fsp3) is 0.222. The predicted molar refractivity (Wildman–Crippen MR) is 97.9 cm³/mol. The van der Waals surface area contributed by atoms with E-state index in [2.05, 4.69) is 5.32 Å². The molecular weight excluding hydrogens is 338 g/mol. The van der Waals surface area contributed by atoms with E-state index in [4.69, 9.17) is 0 Å². The normalized spacial score (nSPS) is 10.8. The van der Waals surface area contributed by atoms with Gasteiger partial charge in [-0.25, -0.2) is 8.42 Å². The van der Waals surface area contributed by atoms with Crippen LogP contribution >= 0.6 is 0 Å². The molecule has 0 radical (unpaired) electrons. The Morgan fingerprint density at radius 3 is 2.48 bits per heavy atom. The van der Waals surface area contributed by atoms with Crippen molar-refractivity contribution in [2.45, 2.75) is 13.8 Å². The molecule has 0 aromatic heterocycles. The number of nitrogens with zero attached hydrogens (tertiary/aromatic N) is 2. The number of benzene rings is 2. The molecule has 0 fully saturated rings. The maximum atomic E-state index is 12.4. The lowest BCUT2D eigenvalue weighted by atomic mass is 10.1. The molecule has 0 atom stereocenters. The Bertz CT molecular complexity index is 946. The van der Waals surface area contributed by atoms with Crippen LogP contribution in [0.2, 0.25) is 0 Å². The third-order valence-corrected chi connectivity index (χ3v) is 4.99. The third kappa shape index (κ3) is 4.37. The fourth-order valence-corrected chi connectivity index (χ4v) is 3.24. The summed E-state index contributed by atoms with van der Waals surface area (Å²) in [6, 6.07) is 13.7. The summed E-state index contributed by atoms with van der Waals surface area (Å²) in [5.41, 5.74) is 2.94. The number of carbonyl (C=O) groups is 1. The third-order valence-electron chi connectivity index (χ3n) is 3.86. The predicted octanol–water partition coefficient (Wildman–Crippen LogP) is 2.58. The molecule has 0 spiro atoms. The van der Waals surface area contributed by atoms with Gasteiger partial charge in [-0.2, -0.15) is 5.26 Å². The number of hydrogen-bond acceptors (Lipinski definition) is 4. The molecule has 0 saturated heterocycles. The molecule has 2 rings (SSSR count). The fourth-order valence-electron chi connectivity index (χ4n) is 2.37. The van der Waals surface area contributed by atoms with E-state index in [0.717, 1.165) is 21.7 Å². The first-order valence-electron chi connectivity index (χ1n) is 7.57. The van der Waals surface area contributed by atoms with Crippen LogP contribution in [0.1, 0.15) is 16.7 Å². The van der Waals surface area contributed by atoms with Crippen molar-refractivity contribution < 1.29 is 13.2 Å². The number of carbonyl (C=O) groups excluding carboxylic acids is 1. The van der Waals surface area contributed by atoms with E-state index in [-0.39, 0.29) is 11.3 Å². The summed E-state index contributed by atoms with van der Waals surface area (Å²) >= 11 is 0. The van der Waals surface area contributed by atoms with Crippen molar-refractivity contribution in [1.82, 2.24) is 0 Å². The van der Waals surface area contributed by atoms with Gasteiger partial charge in [0.1, 0.15) is 12.6 Å². The van der Waals surface area contributed by atoms with Gasteiger partial charge in [-0.15, -0.1) is 0 Å². The summed E-state index contributed by atoms with van der Waals surface area (Å²) in [5, 5.41) is 11.9. The van der Waals surface area contributed by atoms with Crippen LogP contribution in [0.3, 0.4) is 0 Å². The topological polar surface area (TPSA) is 90.3 Å². The second-order valence-electron chi connectivity index (χ2n) is 5.69. The Labute approximate surface area is 147 Å². The molecular formula is C18H19N3O3S. The molecule has 0 aliphatic rings. The van der Waals surface area contributed by atoms with Crippen molar-refractivity contribution in [3.63, 3.8) is 0 Å². The van der Waals surface area contributed by atoms with E-state index in [1.54, 1.807) is 18.2 Å². The Hall–Kier alpha value is -2.85. The lowest BCUT2D eigenvalue weighted by Gasteiger charge is -2.23. The number of hydrogen-bond donors (Lipinski definition) is 1. The number of para-hydroxylation sites is 1. The van der Waals surface area contributed by atoms with Gasteiger partial charge in [-0.3, -0.25) is 9.10 Å². The highest BCUT2D eigenvalue weighted by Crippen LogP contribution is 2.23. The highest BCUT2D eigenvalue weighted by atomic mass is 32.2. The van der Waals surface area contributed by atoms with Crippen molar-refractivity contribution >= 4 is 27.3 Å². The van der Waals surface area contributed by atoms with Crippen LogP contribution in [0, 0.1) is 25.2 Å². The van der Waals surface area contributed by atoms with Crippen LogP contribution in [0.25, 0.3) is 0 Å². The molecule has 25 heavy (non-hydrogen) atoms. The van der Waals surface area contributed by atoms with Crippen LogP contribution in [-0.4, -0.2) is 27.1 Å². The van der Waals surface area contributed by atoms with Crippen LogP contribution < -0.4 is 9.62 Å². The Balaban J connectivity index is 2.31. The zero-order valence-corrected chi connectivity index (χ0v) is 15.1. The summed E-state index contributed by atoms with van der Waals surface area (Å²) in [4.78, 5) is 12.4. The Morgan fingerprint density at radius 2 is 1.84 bits per heavy atom. The maximum Gasteiger partial charge on any atom is 0.245 e. The molecule has 0 aliphatic carbocycles. The van der Waals surface area contributed by atoms with E-state index in [0.29, 0.717) is 5.69 Å². The molecule has 1 N–H and O–H groups in total. The monoisotopic (exact) mass is 357 g/mol. The van der Waals surface area contributed by atoms with Crippen LogP contribution in [0.15, 0.2) is 42.5 Å². The van der Waals surface area contributed by atoms with E-state index in [1.165, 1.54) is 12.1 Å². The molecule has 2 aromatic rings. The first-order chi connectivity index (χ1) is 11.7. The van der Waals surface area contributed by atoms with Gasteiger partial charge in [0.05, 0.1) is 17.5 Å². The molecule has 130 valence electrons. The first-order valence-corrected chi connectivity index (χ1v) is 9.41. The van der Waals surface area contributed by atoms with Gasteiger partial charge in [0, 0.05) is 5.69 Å². The van der Waals surface area contributed by atoms with Crippen LogP contribution in [0.4, 0.5) is 11.4 Å². The number of nitriles is 1. The minimum atomic E-state index is -3.73. The minimum Gasteiger partial charge on any atom is -0.324 e. The van der Waals surface area contributed by atoms with Gasteiger partial charge in [-0.05, 0) is 43.2 Å². The number of amides is 1. The zero-order chi connectivity index (χ0) is 18.6. The van der Waals surface area contributed by atoms with Gasteiger partial charge >= 0.3 is 0 Å². The average molecular weight is 357 g/mol. The lowest BCUT2D eigenvalue weighted by Crippen LogP contribution is -2.38. The number of rotatable bonds is 5. The summed E-state index contributed by atoms with van der Waals surface area (Å²) in [6.07, 6.45) is 1.01. The Morgan fingerprint density at radius 1 is 1.16 bits per heavy atom. The van der Waals surface area contributed by atoms with Crippen LogP contribution in [0.5, 0.6) is 0 Å². The van der Waals surface area contributed by atoms with Gasteiger partial charge < -0.3 is 5.32 Å². The molecule has 0 bridgehead atoms. The van der Waals surface area contributed by atoms with Crippen molar-refractivity contribution in [3.05, 3.63) is 59.2 Å². The van der Waals surface area contributed by atoms with Gasteiger partial charge in [-0.1, -0.05) is 24.3 Å². The second-order valence-corrected chi connectivity index (χ2v) is 7.60. The average Bonchev–Trinajstić information content (AvgIpc) is 2.56. The summed E-state index contributed by atoms with van der Waals surface area (Å²) in [5.74, 6) is -0.480. The van der Waals surface area contributed by atoms with Crippen molar-refractivity contribution in [2.24, 2.45) is 0 Å². The van der Waals surface area contributed by atoms with Crippen molar-refractivity contribution in [3.8, 4) is 6.07 Å². The van der Waals surface area contributed by atoms with Gasteiger partial charge in [0.15, 0.2) is 0 Å². The highest BCUT2D eigenvalue weighted by molar-refractivity contribution is 7.92. The first kappa shape index (κ1) is 18.5. The standard InChI is InChI=1S/C18H19N3O3S/c1-13-7-6-9-16(14(13)2)20-18(22)12-21(25(3,23)24)17-10-5-4-8-15(17)11-19/h4-10H,12H2,1-3H3,(H,20,22). The smallest absolute Gasteiger partial charge is 0.245 e. The second kappa shape index (κ2) is 7.36. The molecule has 2 aromatic carbocycles. The van der Waals surface area contributed by atoms with Crippen LogP contribution in [-0.2, 0) is 14.8 Å². The number of sulfonamides is 1. The van der Waals surface area contributed by atoms with E-state index in [1.807, 2.05) is 32.0 Å². The van der Waals surface area contributed by atoms with Gasteiger partial charge in [0.2, 0.25) is 15.9 Å². The van der Waals surface area contributed by atoms with E-state index in [9.17, 15) is 18.5 Å². The van der Waals surface area contributed by atoms with Crippen molar-refractivity contribution in [1.29, 1.82) is 5.26 Å². The minimum absolute atomic E-state index is 0.184. The molecule has 0 aliphatic heterocycles. The molecule has 6 nitrogen and oxygen atoms in total. The quantitative estimate of drug-likeness (QED) is 0.890. The summed E-state index contributed by atoms with van der Waals surface area (Å²) in [7, 11) is -3.73. The summed E-state index contributed by atoms with van der Waals surface area (Å²) in [6.45, 7) is 3.39. The molecule has 0 saturated carbocycles. The Kier molecular flexibility index (Phi) is 5.45. The van der Waals surface area contributed by atoms with E-state index < -0.39 is 22.5 Å². The van der Waals surface area contributed by atoms with Gasteiger partial charge in [0.25, 0.3) is 0 Å². The van der Waals surface area contributed by atoms with E-state index >= 15 is 0 Å². The SMILES string of the molecule is Cc1cccc(NC(=O)CN(c2ccccc2C#N)S(C)(=O)=O)c1C. The largest absolute Gasteiger partial charge is 0.324 e. The molecule has 0 unspecified atom stereocenters. The summed E-state index contributed by atoms with van der Waals surface area (Å²) < 4.78 is 25.2. The molecule has 7 heteroatoms. The molecule has 1 amide bonds. The maximum absolute atomic E-state index is 12.4. The highest BCUT2D eigenvalue weighted by Gasteiger charge is 2.23. The zero-order valence-electron chi connectivity index (χ0n) is 14.3. The number of anilines is 2. The number of aryl methyl sites for hydroxylation is 1.